The van der Waals surface area contributed by atoms with E-state index in [0.29, 0.717) is 29.0 Å². The molecule has 4 aromatic rings. The minimum absolute atomic E-state index is 0.0307. The molecule has 0 unspecified atom stereocenters. The number of hydrogen-bond donors (Lipinski definition) is 5. The molecule has 0 saturated carbocycles. The summed E-state index contributed by atoms with van der Waals surface area (Å²) in [6.07, 6.45) is -2.00. The average molecular weight is 562 g/mol. The van der Waals surface area contributed by atoms with Gasteiger partial charge in [0.2, 0.25) is 11.9 Å². The number of rotatable bonds is 3. The summed E-state index contributed by atoms with van der Waals surface area (Å²) in [6.45, 7) is 0. The van der Waals surface area contributed by atoms with Crippen LogP contribution in [0.4, 0.5) is 42.0 Å². The summed E-state index contributed by atoms with van der Waals surface area (Å²) in [5.41, 5.74) is 4.53. The van der Waals surface area contributed by atoms with E-state index in [1.165, 1.54) is 0 Å². The number of aromatic amines is 1. The minimum atomic E-state index is -5.08. The molecule has 1 aliphatic rings. The number of fused-ring (bicyclic) bond motifs is 6. The molecule has 12 nitrogen and oxygen atoms in total. The van der Waals surface area contributed by atoms with Crippen LogP contribution in [0.15, 0.2) is 48.7 Å². The zero-order chi connectivity index (χ0) is 28.0. The fraction of sp³-hybridized carbons (Fsp3) is 0.174. The number of H-pyrrole nitrogens is 1. The second-order valence-corrected chi connectivity index (χ2v) is 8.48. The molecule has 2 aromatic carbocycles. The van der Waals surface area contributed by atoms with E-state index in [0.717, 1.165) is 34.6 Å². The Morgan fingerprint density at radius 3 is 2.56 bits per heavy atom. The number of amides is 1. The first-order valence-electron chi connectivity index (χ1n) is 11.2. The lowest BCUT2D eigenvalue weighted by Gasteiger charge is -2.14. The van der Waals surface area contributed by atoms with Gasteiger partial charge in [0.15, 0.2) is 11.6 Å². The average Bonchev–Trinajstić information content (AvgIpc) is 3.38. The van der Waals surface area contributed by atoms with Crippen molar-refractivity contribution in [2.75, 3.05) is 16.0 Å². The maximum atomic E-state index is 12.5. The highest BCUT2D eigenvalue weighted by Gasteiger charge is 2.38. The molecule has 0 saturated heterocycles. The van der Waals surface area contributed by atoms with Gasteiger partial charge in [0.25, 0.3) is 0 Å². The Morgan fingerprint density at radius 1 is 1.08 bits per heavy atom. The second kappa shape index (κ2) is 11.7. The number of aromatic nitrogens is 6. The van der Waals surface area contributed by atoms with E-state index in [-0.39, 0.29) is 12.3 Å². The molecule has 6 bridgehead atoms. The number of nitrogens with zero attached hydrogens (tertiary/aromatic N) is 5. The molecule has 202 valence electrons. The molecular weight excluding hydrogens is 543 g/mol. The first-order chi connectivity index (χ1) is 18.6. The highest BCUT2D eigenvalue weighted by atomic mass is 35.5. The van der Waals surface area contributed by atoms with E-state index < -0.39 is 12.1 Å². The molecule has 0 aliphatic carbocycles. The first kappa shape index (κ1) is 27.3. The van der Waals surface area contributed by atoms with Crippen molar-refractivity contribution in [2.45, 2.75) is 25.4 Å². The number of carbonyl (C=O) groups excluding carboxylic acids is 1. The summed E-state index contributed by atoms with van der Waals surface area (Å²) in [6, 6.07) is 13.8. The SMILES string of the molecule is O=C(Cc1nn[nH]n1)Nc1ccc2cc1CCc1cccc(c1)Nc1ncc(Cl)c(n1)N2.O=C(O)C(F)(F)F. The molecule has 5 rings (SSSR count). The Hall–Kier alpha value is -4.79. The van der Waals surface area contributed by atoms with Gasteiger partial charge in [-0.1, -0.05) is 28.9 Å². The Morgan fingerprint density at radius 2 is 1.85 bits per heavy atom. The van der Waals surface area contributed by atoms with Crippen molar-refractivity contribution < 1.29 is 27.9 Å². The topological polar surface area (TPSA) is 171 Å². The lowest BCUT2D eigenvalue weighted by molar-refractivity contribution is -0.192. The summed E-state index contributed by atoms with van der Waals surface area (Å²) < 4.78 is 31.7. The van der Waals surface area contributed by atoms with Crippen molar-refractivity contribution in [1.82, 2.24) is 30.6 Å². The van der Waals surface area contributed by atoms with Gasteiger partial charge in [0, 0.05) is 17.1 Å². The largest absolute Gasteiger partial charge is 0.490 e. The Bertz CT molecular complexity index is 1480. The molecule has 39 heavy (non-hydrogen) atoms. The third kappa shape index (κ3) is 7.61. The number of tetrazole rings is 1. The zero-order valence-electron chi connectivity index (χ0n) is 19.8. The van der Waals surface area contributed by atoms with Crippen molar-refractivity contribution in [3.63, 3.8) is 0 Å². The lowest BCUT2D eigenvalue weighted by atomic mass is 10.0. The predicted molar refractivity (Wildman–Crippen MR) is 134 cm³/mol. The third-order valence-corrected chi connectivity index (χ3v) is 5.48. The number of hydrogen-bond acceptors (Lipinski definition) is 9. The summed E-state index contributed by atoms with van der Waals surface area (Å²) in [5.74, 6) is -1.72. The van der Waals surface area contributed by atoms with Gasteiger partial charge in [-0.05, 0) is 54.3 Å². The molecule has 3 heterocycles. The molecule has 0 atom stereocenters. The number of carboxylic acids is 1. The van der Waals surface area contributed by atoms with Crippen LogP contribution < -0.4 is 16.0 Å². The Balaban J connectivity index is 0.000000448. The van der Waals surface area contributed by atoms with Crippen molar-refractivity contribution in [3.05, 3.63) is 70.6 Å². The van der Waals surface area contributed by atoms with E-state index in [4.69, 9.17) is 21.5 Å². The third-order valence-electron chi connectivity index (χ3n) is 5.20. The molecular formula is C23H19ClF3N9O3. The van der Waals surface area contributed by atoms with E-state index in [2.05, 4.69) is 58.7 Å². The van der Waals surface area contributed by atoms with Crippen LogP contribution in [-0.2, 0) is 28.9 Å². The van der Waals surface area contributed by atoms with Gasteiger partial charge in [0.05, 0.1) is 12.6 Å². The fourth-order valence-corrected chi connectivity index (χ4v) is 3.60. The van der Waals surface area contributed by atoms with Crippen LogP contribution in [0.5, 0.6) is 0 Å². The van der Waals surface area contributed by atoms with Crippen molar-refractivity contribution in [1.29, 1.82) is 0 Å². The molecule has 1 amide bonds. The number of aliphatic carboxylic acids is 1. The van der Waals surface area contributed by atoms with Crippen LogP contribution in [0.25, 0.3) is 0 Å². The normalized spacial score (nSPS) is 12.2. The highest BCUT2D eigenvalue weighted by Crippen LogP contribution is 2.29. The van der Waals surface area contributed by atoms with E-state index in [1.54, 1.807) is 6.20 Å². The quantitative estimate of drug-likeness (QED) is 0.246. The standard InChI is InChI=1S/C21H18ClN9O.C2HF3O2/c22-16-11-23-21-25-14-3-1-2-12(8-14)4-5-13-9-15(24-20(16)27-21)6-7-17(13)26-19(32)10-18-28-30-31-29-18;3-2(4,5)1(6)7/h1-3,6-9,11H,4-5,10H2,(H,26,32)(H2,23,24,25,27)(H,28,29,30,31);(H,6,7). The van der Waals surface area contributed by atoms with Crippen LogP contribution in [0, 0.1) is 0 Å². The van der Waals surface area contributed by atoms with Crippen LogP contribution in [0.3, 0.4) is 0 Å². The van der Waals surface area contributed by atoms with Gasteiger partial charge >= 0.3 is 12.1 Å². The molecule has 16 heteroatoms. The van der Waals surface area contributed by atoms with Gasteiger partial charge in [-0.2, -0.15) is 23.4 Å². The molecule has 2 aromatic heterocycles. The fourth-order valence-electron chi connectivity index (χ4n) is 3.46. The summed E-state index contributed by atoms with van der Waals surface area (Å²) in [5, 5.41) is 30.4. The monoisotopic (exact) mass is 561 g/mol. The van der Waals surface area contributed by atoms with E-state index >= 15 is 0 Å². The summed E-state index contributed by atoms with van der Waals surface area (Å²) in [4.78, 5) is 30.1. The van der Waals surface area contributed by atoms with Crippen molar-refractivity contribution in [3.8, 4) is 0 Å². The van der Waals surface area contributed by atoms with Gasteiger partial charge in [-0.3, -0.25) is 4.79 Å². The molecule has 1 aliphatic heterocycles. The van der Waals surface area contributed by atoms with Crippen LogP contribution in [0.1, 0.15) is 17.0 Å². The predicted octanol–water partition coefficient (Wildman–Crippen LogP) is 4.04. The van der Waals surface area contributed by atoms with Gasteiger partial charge in [-0.25, -0.2) is 9.78 Å². The molecule has 0 fully saturated rings. The summed E-state index contributed by atoms with van der Waals surface area (Å²) in [7, 11) is 0. The molecule has 5 N–H and O–H groups in total. The van der Waals surface area contributed by atoms with Crippen LogP contribution >= 0.6 is 11.6 Å². The number of benzene rings is 2. The minimum Gasteiger partial charge on any atom is -0.475 e. The number of carbonyl (C=O) groups is 2. The number of nitrogens with one attached hydrogen (secondary N) is 4. The molecule has 0 spiro atoms. The smallest absolute Gasteiger partial charge is 0.475 e. The highest BCUT2D eigenvalue weighted by molar-refractivity contribution is 6.32. The zero-order valence-corrected chi connectivity index (χ0v) is 20.5. The van der Waals surface area contributed by atoms with Crippen LogP contribution in [0.2, 0.25) is 5.02 Å². The van der Waals surface area contributed by atoms with Crippen LogP contribution in [-0.4, -0.2) is 53.8 Å². The number of aryl methyl sites for hydroxylation is 2. The Labute approximate surface area is 223 Å². The number of carboxylic acid groups (broad SMARTS) is 1. The maximum absolute atomic E-state index is 12.5. The Kier molecular flexibility index (Phi) is 8.19. The maximum Gasteiger partial charge on any atom is 0.490 e. The first-order valence-corrected chi connectivity index (χ1v) is 11.6. The van der Waals surface area contributed by atoms with E-state index in [9.17, 15) is 18.0 Å². The molecule has 0 radical (unpaired) electrons. The van der Waals surface area contributed by atoms with Gasteiger partial charge < -0.3 is 21.1 Å². The van der Waals surface area contributed by atoms with Gasteiger partial charge in [0.1, 0.15) is 5.02 Å². The summed E-state index contributed by atoms with van der Waals surface area (Å²) >= 11 is 6.31. The lowest BCUT2D eigenvalue weighted by Crippen LogP contribution is -2.21. The van der Waals surface area contributed by atoms with Gasteiger partial charge in [-0.15, -0.1) is 10.2 Å². The number of anilines is 5. The van der Waals surface area contributed by atoms with E-state index in [1.807, 2.05) is 30.3 Å². The van der Waals surface area contributed by atoms with Crippen molar-refractivity contribution in [2.24, 2.45) is 0 Å². The number of alkyl halides is 3. The number of halogens is 4. The second-order valence-electron chi connectivity index (χ2n) is 8.07. The van der Waals surface area contributed by atoms with Crippen molar-refractivity contribution >= 4 is 52.3 Å².